The summed E-state index contributed by atoms with van der Waals surface area (Å²) in [5, 5.41) is 14.5. The lowest BCUT2D eigenvalue weighted by Gasteiger charge is -2.22. The van der Waals surface area contributed by atoms with Gasteiger partial charge in [-0.3, -0.25) is 4.79 Å². The van der Waals surface area contributed by atoms with Gasteiger partial charge in [0.15, 0.2) is 0 Å². The van der Waals surface area contributed by atoms with Gasteiger partial charge in [0.1, 0.15) is 5.82 Å². The molecule has 0 aliphatic heterocycles. The first kappa shape index (κ1) is 22.0. The molecule has 0 unspecified atom stereocenters. The molecule has 0 atom stereocenters. The molecule has 3 aromatic rings. The molecule has 0 radical (unpaired) electrons. The van der Waals surface area contributed by atoms with E-state index in [9.17, 15) is 4.79 Å². The summed E-state index contributed by atoms with van der Waals surface area (Å²) in [6.45, 7) is 1.63. The maximum absolute atomic E-state index is 12.9. The maximum atomic E-state index is 12.9. The van der Waals surface area contributed by atoms with Gasteiger partial charge in [0, 0.05) is 23.3 Å². The number of benzene rings is 2. The van der Waals surface area contributed by atoms with Crippen LogP contribution in [0.1, 0.15) is 66.4 Å². The zero-order chi connectivity index (χ0) is 22.5. The fourth-order valence-corrected chi connectivity index (χ4v) is 4.58. The molecule has 1 aromatic heterocycles. The Bertz CT molecular complexity index is 1110. The molecule has 0 spiro atoms. The van der Waals surface area contributed by atoms with E-state index in [1.807, 2.05) is 42.5 Å². The minimum absolute atomic E-state index is 0.210. The summed E-state index contributed by atoms with van der Waals surface area (Å²) in [6.07, 6.45) is 7.84. The number of carbonyl (C=O) groups is 1. The Hall–Kier alpha value is -3.18. The molecule has 0 saturated heterocycles. The Balaban J connectivity index is 1.53. The molecule has 6 heteroatoms. The second kappa shape index (κ2) is 9.96. The van der Waals surface area contributed by atoms with Crippen molar-refractivity contribution in [3.63, 3.8) is 0 Å². The van der Waals surface area contributed by atoms with Gasteiger partial charge in [-0.15, -0.1) is 0 Å². The predicted octanol–water partition coefficient (Wildman–Crippen LogP) is 7.17. The fraction of sp³-hybridized carbons (Fsp3) is 0.269. The summed E-state index contributed by atoms with van der Waals surface area (Å²) >= 11 is 6.58. The quantitative estimate of drug-likeness (QED) is 0.351. The van der Waals surface area contributed by atoms with Crippen LogP contribution in [0.4, 0.5) is 17.2 Å². The van der Waals surface area contributed by atoms with Crippen LogP contribution in [0.2, 0.25) is 5.02 Å². The Labute approximate surface area is 193 Å². The molecule has 3 N–H and O–H groups in total. The second-order valence-electron chi connectivity index (χ2n) is 8.24. The number of para-hydroxylation sites is 1. The lowest BCUT2D eigenvalue weighted by atomic mass is 9.84. The van der Waals surface area contributed by atoms with E-state index in [0.717, 1.165) is 5.69 Å². The van der Waals surface area contributed by atoms with E-state index in [2.05, 4.69) is 27.8 Å². The molecular weight excluding hydrogens is 420 g/mol. The summed E-state index contributed by atoms with van der Waals surface area (Å²) in [5.41, 5.74) is 3.76. The summed E-state index contributed by atoms with van der Waals surface area (Å²) in [5.74, 6) is 0.721. The fourth-order valence-electron chi connectivity index (χ4n) is 4.22. The van der Waals surface area contributed by atoms with Crippen LogP contribution in [0.3, 0.4) is 0 Å². The van der Waals surface area contributed by atoms with Gasteiger partial charge in [-0.1, -0.05) is 61.2 Å². The zero-order valence-corrected chi connectivity index (χ0v) is 18.9. The van der Waals surface area contributed by atoms with Crippen LogP contribution in [0.5, 0.6) is 0 Å². The number of hydrogen-bond acceptors (Lipinski definition) is 4. The molecule has 1 heterocycles. The topological polar surface area (TPSA) is 77.9 Å². The van der Waals surface area contributed by atoms with Gasteiger partial charge in [-0.05, 0) is 55.5 Å². The monoisotopic (exact) mass is 446 g/mol. The van der Waals surface area contributed by atoms with Gasteiger partial charge in [0.25, 0.3) is 5.91 Å². The average Bonchev–Trinajstić information content (AvgIpc) is 2.80. The van der Waals surface area contributed by atoms with Crippen LogP contribution in [-0.2, 0) is 0 Å². The number of rotatable bonds is 6. The number of amides is 1. The van der Waals surface area contributed by atoms with E-state index in [1.165, 1.54) is 43.9 Å². The third-order valence-corrected chi connectivity index (χ3v) is 6.31. The molecule has 4 rings (SSSR count). The van der Waals surface area contributed by atoms with E-state index in [4.69, 9.17) is 17.0 Å². The number of anilines is 3. The highest BCUT2D eigenvalue weighted by atomic mass is 35.5. The molecule has 1 aliphatic rings. The van der Waals surface area contributed by atoms with Crippen molar-refractivity contribution in [2.75, 3.05) is 10.6 Å². The Morgan fingerprint density at radius 3 is 2.34 bits per heavy atom. The lowest BCUT2D eigenvalue weighted by Crippen LogP contribution is -2.16. The minimum atomic E-state index is -0.346. The summed E-state index contributed by atoms with van der Waals surface area (Å²) in [6, 6.07) is 17.6. The largest absolute Gasteiger partial charge is 0.340 e. The molecule has 1 aliphatic carbocycles. The van der Waals surface area contributed by atoms with Crippen molar-refractivity contribution in [2.45, 2.75) is 44.9 Å². The third-order valence-electron chi connectivity index (χ3n) is 5.92. The highest BCUT2D eigenvalue weighted by Gasteiger charge is 2.20. The maximum Gasteiger partial charge on any atom is 0.258 e. The number of pyridine rings is 1. The number of carbonyl (C=O) groups excluding carboxylic acids is 1. The van der Waals surface area contributed by atoms with Gasteiger partial charge < -0.3 is 16.0 Å². The van der Waals surface area contributed by atoms with Crippen LogP contribution >= 0.6 is 11.6 Å². The molecule has 1 saturated carbocycles. The number of nitrogens with zero attached hydrogens (tertiary/aromatic N) is 1. The van der Waals surface area contributed by atoms with E-state index >= 15 is 0 Å². The first-order valence-corrected chi connectivity index (χ1v) is 11.4. The Morgan fingerprint density at radius 1 is 1.00 bits per heavy atom. The van der Waals surface area contributed by atoms with Crippen molar-refractivity contribution < 1.29 is 4.79 Å². The van der Waals surface area contributed by atoms with Crippen molar-refractivity contribution >= 4 is 40.4 Å². The van der Waals surface area contributed by atoms with Crippen LogP contribution < -0.4 is 10.6 Å². The number of aromatic nitrogens is 1. The number of hydrogen-bond donors (Lipinski definition) is 3. The van der Waals surface area contributed by atoms with Gasteiger partial charge >= 0.3 is 0 Å². The molecule has 1 amide bonds. The molecule has 0 bridgehead atoms. The van der Waals surface area contributed by atoms with Crippen LogP contribution in [0, 0.1) is 5.41 Å². The molecule has 5 nitrogen and oxygen atoms in total. The lowest BCUT2D eigenvalue weighted by molar-refractivity contribution is 0.102. The van der Waals surface area contributed by atoms with Crippen molar-refractivity contribution in [3.05, 3.63) is 82.5 Å². The van der Waals surface area contributed by atoms with E-state index in [1.54, 1.807) is 6.92 Å². The van der Waals surface area contributed by atoms with Gasteiger partial charge in [0.2, 0.25) is 0 Å². The molecule has 32 heavy (non-hydrogen) atoms. The number of nitrogens with one attached hydrogen (secondary N) is 3. The average molecular weight is 447 g/mol. The van der Waals surface area contributed by atoms with Gasteiger partial charge in [-0.2, -0.15) is 0 Å². The summed E-state index contributed by atoms with van der Waals surface area (Å²) in [4.78, 5) is 17.3. The second-order valence-corrected chi connectivity index (χ2v) is 8.61. The molecule has 164 valence electrons. The first-order chi connectivity index (χ1) is 15.5. The highest BCUT2D eigenvalue weighted by Crippen LogP contribution is 2.33. The van der Waals surface area contributed by atoms with Gasteiger partial charge in [-0.25, -0.2) is 4.98 Å². The van der Waals surface area contributed by atoms with E-state index in [0.29, 0.717) is 23.0 Å². The Kier molecular flexibility index (Phi) is 6.86. The molecule has 2 aromatic carbocycles. The predicted molar refractivity (Wildman–Crippen MR) is 132 cm³/mol. The van der Waals surface area contributed by atoms with Crippen molar-refractivity contribution in [1.82, 2.24) is 4.98 Å². The van der Waals surface area contributed by atoms with Crippen LogP contribution in [-0.4, -0.2) is 16.6 Å². The Morgan fingerprint density at radius 2 is 1.69 bits per heavy atom. The van der Waals surface area contributed by atoms with Crippen molar-refractivity contribution in [3.8, 4) is 0 Å². The zero-order valence-electron chi connectivity index (χ0n) is 18.1. The standard InChI is InChI=1S/C26H27ClN4O/c1-17(28)23-24(27)22(16-29-25(23)30-20-10-6-3-7-11-20)26(32)31-21-14-12-19(13-15-21)18-8-4-2-5-9-18/h3,6-7,10-16,18,28H,2,4-5,8-9H2,1H3,(H,29,30)(H,31,32). The SMILES string of the molecule is CC(=N)c1c(Nc2ccccc2)ncc(C(=O)Nc2ccc(C3CCCCC3)cc2)c1Cl. The highest BCUT2D eigenvalue weighted by molar-refractivity contribution is 6.38. The van der Waals surface area contributed by atoms with Crippen LogP contribution in [0.15, 0.2) is 60.8 Å². The molecule has 1 fully saturated rings. The normalized spacial score (nSPS) is 14.1. The molecular formula is C26H27ClN4O. The number of halogens is 1. The van der Waals surface area contributed by atoms with Gasteiger partial charge in [0.05, 0.1) is 16.1 Å². The van der Waals surface area contributed by atoms with Crippen LogP contribution in [0.25, 0.3) is 0 Å². The minimum Gasteiger partial charge on any atom is -0.340 e. The summed E-state index contributed by atoms with van der Waals surface area (Å²) < 4.78 is 0. The van der Waals surface area contributed by atoms with E-state index in [-0.39, 0.29) is 22.2 Å². The van der Waals surface area contributed by atoms with E-state index < -0.39 is 0 Å². The third kappa shape index (κ3) is 5.00. The van der Waals surface area contributed by atoms with Crippen molar-refractivity contribution in [2.24, 2.45) is 0 Å². The first-order valence-electron chi connectivity index (χ1n) is 11.0. The smallest absolute Gasteiger partial charge is 0.258 e. The summed E-state index contributed by atoms with van der Waals surface area (Å²) in [7, 11) is 0. The van der Waals surface area contributed by atoms with Crippen molar-refractivity contribution in [1.29, 1.82) is 5.41 Å².